The van der Waals surface area contributed by atoms with Crippen LogP contribution in [0.2, 0.25) is 0 Å². The van der Waals surface area contributed by atoms with Crippen molar-refractivity contribution in [3.8, 4) is 0 Å². The Morgan fingerprint density at radius 1 is 1.26 bits per heavy atom. The normalized spacial score (nSPS) is 17.9. The molecule has 2 N–H and O–H groups in total. The zero-order valence-corrected chi connectivity index (χ0v) is 16.5. The van der Waals surface area contributed by atoms with Crippen molar-refractivity contribution in [2.24, 2.45) is 5.92 Å². The number of fused-ring (bicyclic) bond motifs is 1. The quantitative estimate of drug-likeness (QED) is 0.759. The SMILES string of the molecule is CC(C)CC1C(=O)N(C)c2cnc(Nc3ccc(S(=O)O)cc3)nc2N1C. The summed E-state index contributed by atoms with van der Waals surface area (Å²) < 4.78 is 20.1. The summed E-state index contributed by atoms with van der Waals surface area (Å²) in [5.41, 5.74) is 1.37. The first-order chi connectivity index (χ1) is 12.8. The maximum atomic E-state index is 12.7. The van der Waals surface area contributed by atoms with Gasteiger partial charge in [0.15, 0.2) is 16.9 Å². The molecule has 9 heteroatoms. The van der Waals surface area contributed by atoms with Gasteiger partial charge in [-0.15, -0.1) is 0 Å². The number of amides is 1. The van der Waals surface area contributed by atoms with Gasteiger partial charge in [-0.3, -0.25) is 4.79 Å². The van der Waals surface area contributed by atoms with E-state index in [1.807, 2.05) is 11.9 Å². The summed E-state index contributed by atoms with van der Waals surface area (Å²) in [6.45, 7) is 4.18. The third kappa shape index (κ3) is 3.93. The van der Waals surface area contributed by atoms with Crippen LogP contribution in [-0.4, -0.2) is 44.8 Å². The molecule has 2 heterocycles. The van der Waals surface area contributed by atoms with E-state index in [2.05, 4.69) is 29.1 Å². The van der Waals surface area contributed by atoms with Gasteiger partial charge in [0.2, 0.25) is 11.9 Å². The maximum Gasteiger partial charge on any atom is 0.249 e. The third-order valence-corrected chi connectivity index (χ3v) is 5.21. The van der Waals surface area contributed by atoms with Crippen molar-refractivity contribution in [3.05, 3.63) is 30.5 Å². The Kier molecular flexibility index (Phi) is 5.43. The highest BCUT2D eigenvalue weighted by molar-refractivity contribution is 7.79. The van der Waals surface area contributed by atoms with Crippen LogP contribution in [0.15, 0.2) is 35.4 Å². The number of hydrogen-bond acceptors (Lipinski definition) is 6. The van der Waals surface area contributed by atoms with E-state index in [0.717, 1.165) is 6.42 Å². The van der Waals surface area contributed by atoms with Gasteiger partial charge in [0.1, 0.15) is 11.7 Å². The standard InChI is InChI=1S/C18H23N5O3S/c1-11(2)9-14-17(24)23(4)15-10-19-18(21-16(15)22(14)3)20-12-5-7-13(8-6-12)27(25)26/h5-8,10-11,14H,9H2,1-4H3,(H,25,26)(H,19,20,21). The molecule has 1 aliphatic rings. The van der Waals surface area contributed by atoms with Crippen molar-refractivity contribution in [3.63, 3.8) is 0 Å². The average Bonchev–Trinajstić information content (AvgIpc) is 2.63. The molecular formula is C18H23N5O3S. The van der Waals surface area contributed by atoms with E-state index in [4.69, 9.17) is 4.55 Å². The van der Waals surface area contributed by atoms with Gasteiger partial charge in [-0.1, -0.05) is 13.8 Å². The molecule has 0 spiro atoms. The fourth-order valence-electron chi connectivity index (χ4n) is 3.07. The molecule has 0 saturated heterocycles. The number of rotatable bonds is 5. The molecule has 0 bridgehead atoms. The van der Waals surface area contributed by atoms with Crippen LogP contribution in [0, 0.1) is 5.92 Å². The first-order valence-electron chi connectivity index (χ1n) is 8.63. The molecule has 1 aliphatic heterocycles. The summed E-state index contributed by atoms with van der Waals surface area (Å²) >= 11 is -2.01. The van der Waals surface area contributed by atoms with Crippen molar-refractivity contribution in [1.82, 2.24) is 9.97 Å². The summed E-state index contributed by atoms with van der Waals surface area (Å²) in [5.74, 6) is 1.50. The summed E-state index contributed by atoms with van der Waals surface area (Å²) in [6, 6.07) is 6.24. The average molecular weight is 389 g/mol. The van der Waals surface area contributed by atoms with Crippen LogP contribution in [0.5, 0.6) is 0 Å². The molecule has 0 aliphatic carbocycles. The lowest BCUT2D eigenvalue weighted by Crippen LogP contribution is -2.51. The molecule has 0 radical (unpaired) electrons. The lowest BCUT2D eigenvalue weighted by molar-refractivity contribution is -0.120. The van der Waals surface area contributed by atoms with E-state index in [0.29, 0.717) is 34.0 Å². The summed E-state index contributed by atoms with van der Waals surface area (Å²) in [7, 11) is 3.62. The zero-order chi connectivity index (χ0) is 19.7. The molecule has 2 atom stereocenters. The van der Waals surface area contributed by atoms with Gasteiger partial charge in [-0.2, -0.15) is 4.98 Å². The van der Waals surface area contributed by atoms with Gasteiger partial charge in [-0.25, -0.2) is 9.19 Å². The first kappa shape index (κ1) is 19.2. The topological polar surface area (TPSA) is 98.7 Å². The van der Waals surface area contributed by atoms with Gasteiger partial charge >= 0.3 is 0 Å². The third-order valence-electron chi connectivity index (χ3n) is 4.54. The van der Waals surface area contributed by atoms with Crippen LogP contribution < -0.4 is 15.1 Å². The monoisotopic (exact) mass is 389 g/mol. The Balaban J connectivity index is 1.88. The number of anilines is 4. The Morgan fingerprint density at radius 2 is 1.93 bits per heavy atom. The Morgan fingerprint density at radius 3 is 2.52 bits per heavy atom. The first-order valence-corrected chi connectivity index (χ1v) is 9.74. The highest BCUT2D eigenvalue weighted by atomic mass is 32.2. The second-order valence-electron chi connectivity index (χ2n) is 6.95. The summed E-state index contributed by atoms with van der Waals surface area (Å²) in [6.07, 6.45) is 2.37. The lowest BCUT2D eigenvalue weighted by Gasteiger charge is -2.39. The van der Waals surface area contributed by atoms with E-state index in [1.165, 1.54) is 0 Å². The Labute approximate surface area is 160 Å². The molecule has 0 fully saturated rings. The largest absolute Gasteiger partial charge is 0.346 e. The number of aromatic nitrogens is 2. The number of carbonyl (C=O) groups is 1. The highest BCUT2D eigenvalue weighted by Crippen LogP contribution is 2.34. The number of carbonyl (C=O) groups excluding carboxylic acids is 1. The molecule has 144 valence electrons. The minimum Gasteiger partial charge on any atom is -0.346 e. The van der Waals surface area contributed by atoms with Crippen LogP contribution in [0.25, 0.3) is 0 Å². The molecule has 27 heavy (non-hydrogen) atoms. The van der Waals surface area contributed by atoms with Gasteiger partial charge < -0.3 is 19.7 Å². The van der Waals surface area contributed by atoms with Gasteiger partial charge in [-0.05, 0) is 36.6 Å². The fraction of sp³-hybridized carbons (Fsp3) is 0.389. The molecule has 2 unspecified atom stereocenters. The highest BCUT2D eigenvalue weighted by Gasteiger charge is 2.36. The van der Waals surface area contributed by atoms with Crippen LogP contribution in [-0.2, 0) is 15.9 Å². The molecule has 1 aromatic carbocycles. The van der Waals surface area contributed by atoms with Crippen LogP contribution >= 0.6 is 0 Å². The number of hydrogen-bond donors (Lipinski definition) is 2. The molecule has 1 amide bonds. The van der Waals surface area contributed by atoms with E-state index in [9.17, 15) is 9.00 Å². The van der Waals surface area contributed by atoms with Gasteiger partial charge in [0.05, 0.1) is 11.1 Å². The summed E-state index contributed by atoms with van der Waals surface area (Å²) in [4.78, 5) is 25.4. The fourth-order valence-corrected chi connectivity index (χ4v) is 3.44. The van der Waals surface area contributed by atoms with Crippen molar-refractivity contribution in [1.29, 1.82) is 0 Å². The second-order valence-corrected chi connectivity index (χ2v) is 7.92. The molecule has 0 saturated carbocycles. The van der Waals surface area contributed by atoms with Crippen LogP contribution in [0.3, 0.4) is 0 Å². The molecule has 8 nitrogen and oxygen atoms in total. The van der Waals surface area contributed by atoms with Crippen LogP contribution in [0.1, 0.15) is 20.3 Å². The van der Waals surface area contributed by atoms with Gasteiger partial charge in [0.25, 0.3) is 0 Å². The molecule has 2 aromatic rings. The number of nitrogens with one attached hydrogen (secondary N) is 1. The van der Waals surface area contributed by atoms with Crippen molar-refractivity contribution < 1.29 is 13.6 Å². The van der Waals surface area contributed by atoms with E-state index in [-0.39, 0.29) is 11.9 Å². The zero-order valence-electron chi connectivity index (χ0n) is 15.7. The summed E-state index contributed by atoms with van der Waals surface area (Å²) in [5, 5.41) is 3.09. The van der Waals surface area contributed by atoms with E-state index < -0.39 is 11.1 Å². The molecule has 1 aromatic heterocycles. The number of likely N-dealkylation sites (N-methyl/N-ethyl adjacent to an activating group) is 2. The van der Waals surface area contributed by atoms with Crippen molar-refractivity contribution in [2.75, 3.05) is 29.2 Å². The van der Waals surface area contributed by atoms with E-state index >= 15 is 0 Å². The maximum absolute atomic E-state index is 12.7. The lowest BCUT2D eigenvalue weighted by atomic mass is 9.99. The Bertz CT molecular complexity index is 872. The van der Waals surface area contributed by atoms with Crippen molar-refractivity contribution >= 4 is 40.1 Å². The van der Waals surface area contributed by atoms with E-state index in [1.54, 1.807) is 42.4 Å². The Hall–Kier alpha value is -2.52. The number of nitrogens with zero attached hydrogens (tertiary/aromatic N) is 4. The van der Waals surface area contributed by atoms with Crippen LogP contribution in [0.4, 0.5) is 23.1 Å². The molecule has 3 rings (SSSR count). The molecular weight excluding hydrogens is 366 g/mol. The minimum atomic E-state index is -2.01. The predicted octanol–water partition coefficient (Wildman–Crippen LogP) is 2.63. The predicted molar refractivity (Wildman–Crippen MR) is 106 cm³/mol. The minimum absolute atomic E-state index is 0.0376. The number of benzene rings is 1. The second kappa shape index (κ2) is 7.61. The van der Waals surface area contributed by atoms with Gasteiger partial charge in [0, 0.05) is 19.8 Å². The van der Waals surface area contributed by atoms with Crippen molar-refractivity contribution in [2.45, 2.75) is 31.2 Å². The smallest absolute Gasteiger partial charge is 0.249 e.